The van der Waals surface area contributed by atoms with Crippen molar-refractivity contribution in [2.75, 3.05) is 0 Å². The second-order valence-corrected chi connectivity index (χ2v) is 8.33. The van der Waals surface area contributed by atoms with Crippen molar-refractivity contribution in [2.24, 2.45) is 16.7 Å². The molecule has 0 spiro atoms. The SMILES string of the molecule is CC(C)(C)C1CCC(Cc2cncc(Br)c2)(C(=O)O)CC1. The maximum atomic E-state index is 11.9. The summed E-state index contributed by atoms with van der Waals surface area (Å²) in [6.07, 6.45) is 7.60. The van der Waals surface area contributed by atoms with Gasteiger partial charge in [0.1, 0.15) is 0 Å². The molecular weight excluding hydrogens is 330 g/mol. The first-order valence-electron chi connectivity index (χ1n) is 7.56. The third-order valence-corrected chi connectivity index (χ3v) is 5.36. The zero-order valence-corrected chi connectivity index (χ0v) is 14.6. The molecule has 0 radical (unpaired) electrons. The van der Waals surface area contributed by atoms with E-state index >= 15 is 0 Å². The van der Waals surface area contributed by atoms with Gasteiger partial charge in [-0.2, -0.15) is 0 Å². The molecule has 0 bridgehead atoms. The van der Waals surface area contributed by atoms with Crippen LogP contribution in [0.2, 0.25) is 0 Å². The molecule has 1 aliphatic rings. The number of nitrogens with zero attached hydrogens (tertiary/aromatic N) is 1. The maximum absolute atomic E-state index is 11.9. The van der Waals surface area contributed by atoms with E-state index in [1.165, 1.54) is 0 Å². The van der Waals surface area contributed by atoms with E-state index in [1.807, 2.05) is 6.07 Å². The van der Waals surface area contributed by atoms with Crippen molar-refractivity contribution in [3.8, 4) is 0 Å². The van der Waals surface area contributed by atoms with Crippen LogP contribution in [0.5, 0.6) is 0 Å². The van der Waals surface area contributed by atoms with Gasteiger partial charge in [-0.15, -0.1) is 0 Å². The molecule has 0 unspecified atom stereocenters. The van der Waals surface area contributed by atoms with Crippen LogP contribution >= 0.6 is 15.9 Å². The summed E-state index contributed by atoms with van der Waals surface area (Å²) >= 11 is 3.41. The van der Waals surface area contributed by atoms with Gasteiger partial charge in [-0.3, -0.25) is 9.78 Å². The standard InChI is InChI=1S/C17H24BrNO2/c1-16(2,3)13-4-6-17(7-5-13,15(20)21)9-12-8-14(18)11-19-10-12/h8,10-11,13H,4-7,9H2,1-3H3,(H,20,21). The minimum absolute atomic E-state index is 0.266. The van der Waals surface area contributed by atoms with E-state index in [4.69, 9.17) is 0 Å². The van der Waals surface area contributed by atoms with Crippen LogP contribution in [0.3, 0.4) is 0 Å². The first-order valence-corrected chi connectivity index (χ1v) is 8.35. The monoisotopic (exact) mass is 353 g/mol. The number of rotatable bonds is 3. The van der Waals surface area contributed by atoms with Gasteiger partial charge in [0, 0.05) is 16.9 Å². The van der Waals surface area contributed by atoms with Crippen LogP contribution in [0.1, 0.15) is 52.0 Å². The fraction of sp³-hybridized carbons (Fsp3) is 0.647. The van der Waals surface area contributed by atoms with Crippen LogP contribution in [0, 0.1) is 16.7 Å². The zero-order chi connectivity index (χ0) is 15.7. The molecule has 0 saturated heterocycles. The smallest absolute Gasteiger partial charge is 0.309 e. The average molecular weight is 354 g/mol. The Balaban J connectivity index is 2.15. The molecule has 21 heavy (non-hydrogen) atoms. The second-order valence-electron chi connectivity index (χ2n) is 7.41. The van der Waals surface area contributed by atoms with Gasteiger partial charge in [0.05, 0.1) is 5.41 Å². The molecular formula is C17H24BrNO2. The van der Waals surface area contributed by atoms with Crippen LogP contribution in [-0.4, -0.2) is 16.1 Å². The fourth-order valence-corrected chi connectivity index (χ4v) is 3.86. The van der Waals surface area contributed by atoms with Crippen LogP contribution in [0.4, 0.5) is 0 Å². The highest BCUT2D eigenvalue weighted by Gasteiger charge is 2.44. The molecule has 1 aromatic rings. The lowest BCUT2D eigenvalue weighted by Crippen LogP contribution is -2.39. The largest absolute Gasteiger partial charge is 0.481 e. The van der Waals surface area contributed by atoms with E-state index in [0.717, 1.165) is 35.7 Å². The molecule has 1 fully saturated rings. The van der Waals surface area contributed by atoms with Crippen molar-refractivity contribution in [1.29, 1.82) is 0 Å². The number of aromatic nitrogens is 1. The Morgan fingerprint density at radius 2 is 2.00 bits per heavy atom. The topological polar surface area (TPSA) is 50.2 Å². The van der Waals surface area contributed by atoms with Gasteiger partial charge < -0.3 is 5.11 Å². The quantitative estimate of drug-likeness (QED) is 0.856. The van der Waals surface area contributed by atoms with Crippen LogP contribution in [-0.2, 0) is 11.2 Å². The number of halogens is 1. The normalized spacial score (nSPS) is 26.6. The van der Waals surface area contributed by atoms with E-state index in [9.17, 15) is 9.90 Å². The highest BCUT2D eigenvalue weighted by atomic mass is 79.9. The molecule has 116 valence electrons. The second kappa shape index (κ2) is 6.07. The lowest BCUT2D eigenvalue weighted by molar-refractivity contribution is -0.152. The summed E-state index contributed by atoms with van der Waals surface area (Å²) in [6, 6.07) is 1.98. The van der Waals surface area contributed by atoms with Crippen LogP contribution in [0.15, 0.2) is 22.9 Å². The number of carbonyl (C=O) groups is 1. The minimum atomic E-state index is -0.658. The van der Waals surface area contributed by atoms with Gasteiger partial charge in [0.15, 0.2) is 0 Å². The molecule has 0 aliphatic heterocycles. The number of carboxylic acid groups (broad SMARTS) is 1. The fourth-order valence-electron chi connectivity index (χ4n) is 3.45. The molecule has 0 atom stereocenters. The Labute approximate surface area is 135 Å². The van der Waals surface area contributed by atoms with Gasteiger partial charge in [-0.05, 0) is 71.0 Å². The molecule has 3 nitrogen and oxygen atoms in total. The van der Waals surface area contributed by atoms with Gasteiger partial charge in [0.2, 0.25) is 0 Å². The molecule has 1 heterocycles. The molecule has 0 aromatic carbocycles. The van der Waals surface area contributed by atoms with Gasteiger partial charge in [-0.25, -0.2) is 0 Å². The molecule has 0 amide bonds. The van der Waals surface area contributed by atoms with Crippen molar-refractivity contribution >= 4 is 21.9 Å². The zero-order valence-electron chi connectivity index (χ0n) is 13.0. The highest BCUT2D eigenvalue weighted by Crippen LogP contribution is 2.47. The third-order valence-electron chi connectivity index (χ3n) is 4.93. The lowest BCUT2D eigenvalue weighted by Gasteiger charge is -2.42. The summed E-state index contributed by atoms with van der Waals surface area (Å²) in [6.45, 7) is 6.76. The first kappa shape index (κ1) is 16.5. The van der Waals surface area contributed by atoms with Crippen LogP contribution in [0.25, 0.3) is 0 Å². The van der Waals surface area contributed by atoms with E-state index in [1.54, 1.807) is 12.4 Å². The predicted octanol–water partition coefficient (Wildman–Crippen LogP) is 4.69. The number of pyridine rings is 1. The number of aliphatic carboxylic acids is 1. The number of carboxylic acids is 1. The highest BCUT2D eigenvalue weighted by molar-refractivity contribution is 9.10. The Kier molecular flexibility index (Phi) is 4.76. The molecule has 1 aromatic heterocycles. The average Bonchev–Trinajstić information content (AvgIpc) is 2.38. The number of hydrogen-bond acceptors (Lipinski definition) is 2. The maximum Gasteiger partial charge on any atom is 0.309 e. The Morgan fingerprint density at radius 1 is 1.38 bits per heavy atom. The van der Waals surface area contributed by atoms with E-state index < -0.39 is 11.4 Å². The summed E-state index contributed by atoms with van der Waals surface area (Å²) in [5, 5.41) is 9.78. The lowest BCUT2D eigenvalue weighted by atomic mass is 9.62. The van der Waals surface area contributed by atoms with Crippen molar-refractivity contribution in [1.82, 2.24) is 4.98 Å². The van der Waals surface area contributed by atoms with Crippen molar-refractivity contribution in [3.63, 3.8) is 0 Å². The van der Waals surface area contributed by atoms with Gasteiger partial charge >= 0.3 is 5.97 Å². The van der Waals surface area contributed by atoms with E-state index in [-0.39, 0.29) is 5.41 Å². The van der Waals surface area contributed by atoms with Crippen molar-refractivity contribution in [2.45, 2.75) is 52.9 Å². The minimum Gasteiger partial charge on any atom is -0.481 e. The molecule has 1 aliphatic carbocycles. The predicted molar refractivity (Wildman–Crippen MR) is 87.1 cm³/mol. The van der Waals surface area contributed by atoms with Gasteiger partial charge in [-0.1, -0.05) is 20.8 Å². The molecule has 4 heteroatoms. The van der Waals surface area contributed by atoms with Crippen molar-refractivity contribution < 1.29 is 9.90 Å². The molecule has 1 N–H and O–H groups in total. The summed E-state index contributed by atoms with van der Waals surface area (Å²) in [5.41, 5.74) is 0.646. The molecule has 2 rings (SSSR count). The van der Waals surface area contributed by atoms with Gasteiger partial charge in [0.25, 0.3) is 0 Å². The number of hydrogen-bond donors (Lipinski definition) is 1. The van der Waals surface area contributed by atoms with E-state index in [2.05, 4.69) is 41.7 Å². The summed E-state index contributed by atoms with van der Waals surface area (Å²) < 4.78 is 0.906. The third kappa shape index (κ3) is 3.85. The Bertz CT molecular complexity index is 514. The summed E-state index contributed by atoms with van der Waals surface area (Å²) in [4.78, 5) is 16.0. The Hall–Kier alpha value is -0.900. The molecule has 1 saturated carbocycles. The summed E-state index contributed by atoms with van der Waals surface area (Å²) in [7, 11) is 0. The Morgan fingerprint density at radius 3 is 2.48 bits per heavy atom. The van der Waals surface area contributed by atoms with Crippen molar-refractivity contribution in [3.05, 3.63) is 28.5 Å². The van der Waals surface area contributed by atoms with E-state index in [0.29, 0.717) is 12.3 Å². The van der Waals surface area contributed by atoms with Crippen LogP contribution < -0.4 is 0 Å². The summed E-state index contributed by atoms with van der Waals surface area (Å²) in [5.74, 6) is -0.0413. The first-order chi connectivity index (χ1) is 9.73.